The molecule has 2 N–H and O–H groups in total. The summed E-state index contributed by atoms with van der Waals surface area (Å²) >= 11 is 8.31. The Kier molecular flexibility index (Phi) is 4.98. The fourth-order valence-corrected chi connectivity index (χ4v) is 4.33. The van der Waals surface area contributed by atoms with E-state index >= 15 is 0 Å². The molecule has 0 aliphatic carbocycles. The lowest BCUT2D eigenvalue weighted by molar-refractivity contribution is 0.276. The molecule has 1 saturated heterocycles. The Labute approximate surface area is 135 Å². The van der Waals surface area contributed by atoms with Crippen LogP contribution < -0.4 is 5.73 Å². The molecule has 2 aromatic rings. The van der Waals surface area contributed by atoms with Crippen LogP contribution in [0.3, 0.4) is 0 Å². The van der Waals surface area contributed by atoms with Gasteiger partial charge in [0, 0.05) is 28.1 Å². The van der Waals surface area contributed by atoms with Crippen LogP contribution in [0, 0.1) is 5.41 Å². The van der Waals surface area contributed by atoms with E-state index in [1.54, 1.807) is 0 Å². The van der Waals surface area contributed by atoms with Crippen molar-refractivity contribution in [1.82, 2.24) is 4.90 Å². The summed E-state index contributed by atoms with van der Waals surface area (Å²) in [5, 5.41) is 2.12. The van der Waals surface area contributed by atoms with Gasteiger partial charge in [0.25, 0.3) is 0 Å². The average Bonchev–Trinajstić information content (AvgIpc) is 2.94. The van der Waals surface area contributed by atoms with Crippen LogP contribution in [-0.4, -0.2) is 24.5 Å². The van der Waals surface area contributed by atoms with Crippen molar-refractivity contribution in [2.24, 2.45) is 11.1 Å². The summed E-state index contributed by atoms with van der Waals surface area (Å²) in [5.74, 6) is 0. The molecule has 1 aliphatic heterocycles. The van der Waals surface area contributed by atoms with Crippen molar-refractivity contribution in [3.63, 3.8) is 0 Å². The molecule has 20 heavy (non-hydrogen) atoms. The Hall–Kier alpha value is -0.320. The number of hydrogen-bond donors (Lipinski definition) is 1. The van der Waals surface area contributed by atoms with Gasteiger partial charge >= 0.3 is 0 Å². The molecule has 1 aromatic heterocycles. The highest BCUT2D eigenvalue weighted by Crippen LogP contribution is 2.37. The number of hydrogen-bond acceptors (Lipinski definition) is 3. The molecule has 5 heteroatoms. The number of halogens is 2. The van der Waals surface area contributed by atoms with Crippen LogP contribution in [0.15, 0.2) is 24.3 Å². The normalized spacial score (nSPS) is 23.1. The molecule has 0 spiro atoms. The van der Waals surface area contributed by atoms with Crippen molar-refractivity contribution in [2.75, 3.05) is 19.6 Å². The lowest BCUT2D eigenvalue weighted by Gasteiger charge is -2.22. The van der Waals surface area contributed by atoms with Crippen LogP contribution in [0.2, 0.25) is 5.02 Å². The van der Waals surface area contributed by atoms with Gasteiger partial charge in [0.1, 0.15) is 0 Å². The summed E-state index contributed by atoms with van der Waals surface area (Å²) in [6.07, 6.45) is 1.19. The number of rotatable bonds is 3. The van der Waals surface area contributed by atoms with E-state index in [4.69, 9.17) is 17.3 Å². The van der Waals surface area contributed by atoms with Gasteiger partial charge < -0.3 is 5.73 Å². The van der Waals surface area contributed by atoms with Crippen molar-refractivity contribution >= 4 is 45.4 Å². The molecule has 3 rings (SSSR count). The molecule has 0 amide bonds. The number of thiophene rings is 1. The molecule has 0 bridgehead atoms. The van der Waals surface area contributed by atoms with Gasteiger partial charge in [0.05, 0.1) is 5.02 Å². The van der Waals surface area contributed by atoms with E-state index < -0.39 is 0 Å². The Bertz CT molecular complexity index is 599. The SMILES string of the molecule is CC1(CN)CCN(Cc2sc3ccccc3c2Cl)C1.Cl. The van der Waals surface area contributed by atoms with E-state index in [0.29, 0.717) is 0 Å². The van der Waals surface area contributed by atoms with Crippen LogP contribution in [0.5, 0.6) is 0 Å². The van der Waals surface area contributed by atoms with Gasteiger partial charge in [-0.05, 0) is 31.0 Å². The molecule has 2 nitrogen and oxygen atoms in total. The second-order valence-electron chi connectivity index (χ2n) is 5.81. The molecule has 0 saturated carbocycles. The summed E-state index contributed by atoms with van der Waals surface area (Å²) in [5.41, 5.74) is 6.15. The molecular formula is C15H20Cl2N2S. The fraction of sp³-hybridized carbons (Fsp3) is 0.467. The quantitative estimate of drug-likeness (QED) is 0.916. The Morgan fingerprint density at radius 3 is 2.80 bits per heavy atom. The zero-order chi connectivity index (χ0) is 13.5. The first-order valence-corrected chi connectivity index (χ1v) is 7.89. The predicted octanol–water partition coefficient (Wildman–Crippen LogP) is 4.15. The maximum absolute atomic E-state index is 6.50. The fourth-order valence-electron chi connectivity index (χ4n) is 2.80. The minimum absolute atomic E-state index is 0. The van der Waals surface area contributed by atoms with E-state index in [1.165, 1.54) is 21.4 Å². The van der Waals surface area contributed by atoms with Crippen LogP contribution >= 0.6 is 35.3 Å². The van der Waals surface area contributed by atoms with Crippen LogP contribution in [-0.2, 0) is 6.54 Å². The van der Waals surface area contributed by atoms with Crippen LogP contribution in [0.4, 0.5) is 0 Å². The van der Waals surface area contributed by atoms with Gasteiger partial charge in [-0.2, -0.15) is 0 Å². The van der Waals surface area contributed by atoms with Crippen molar-refractivity contribution < 1.29 is 0 Å². The summed E-state index contributed by atoms with van der Waals surface area (Å²) in [6, 6.07) is 8.36. The second-order valence-corrected chi connectivity index (χ2v) is 7.33. The number of nitrogens with two attached hydrogens (primary N) is 1. The Balaban J connectivity index is 0.00000147. The van der Waals surface area contributed by atoms with Gasteiger partial charge in [-0.15, -0.1) is 23.7 Å². The minimum atomic E-state index is 0. The smallest absolute Gasteiger partial charge is 0.0637 e. The molecule has 0 radical (unpaired) electrons. The summed E-state index contributed by atoms with van der Waals surface area (Å²) < 4.78 is 1.28. The third kappa shape index (κ3) is 2.97. The van der Waals surface area contributed by atoms with E-state index in [-0.39, 0.29) is 17.8 Å². The van der Waals surface area contributed by atoms with Gasteiger partial charge in [-0.3, -0.25) is 4.90 Å². The van der Waals surface area contributed by atoms with Gasteiger partial charge in [-0.1, -0.05) is 36.7 Å². The van der Waals surface area contributed by atoms with E-state index in [0.717, 1.165) is 31.2 Å². The average molecular weight is 331 g/mol. The third-order valence-electron chi connectivity index (χ3n) is 4.10. The van der Waals surface area contributed by atoms with Crippen LogP contribution in [0.1, 0.15) is 18.2 Å². The van der Waals surface area contributed by atoms with Gasteiger partial charge in [0.15, 0.2) is 0 Å². The molecule has 1 atom stereocenters. The maximum atomic E-state index is 6.50. The van der Waals surface area contributed by atoms with Crippen molar-refractivity contribution in [3.8, 4) is 0 Å². The Morgan fingerprint density at radius 1 is 1.40 bits per heavy atom. The minimum Gasteiger partial charge on any atom is -0.330 e. The molecule has 1 unspecified atom stereocenters. The molecule has 1 aromatic carbocycles. The standard InChI is InChI=1S/C15H19ClN2S.ClH/c1-15(9-17)6-7-18(10-15)8-13-14(16)11-4-2-3-5-12(11)19-13;/h2-5H,6-10,17H2,1H3;1H. The molecular weight excluding hydrogens is 311 g/mol. The highest BCUT2D eigenvalue weighted by molar-refractivity contribution is 7.19. The zero-order valence-corrected chi connectivity index (χ0v) is 14.0. The first-order chi connectivity index (χ1) is 9.11. The summed E-state index contributed by atoms with van der Waals surface area (Å²) in [4.78, 5) is 3.76. The van der Waals surface area contributed by atoms with Crippen molar-refractivity contribution in [1.29, 1.82) is 0 Å². The van der Waals surface area contributed by atoms with E-state index in [9.17, 15) is 0 Å². The zero-order valence-electron chi connectivity index (χ0n) is 11.6. The number of nitrogens with zero attached hydrogens (tertiary/aromatic N) is 1. The summed E-state index contributed by atoms with van der Waals surface area (Å²) in [7, 11) is 0. The number of benzene rings is 1. The highest BCUT2D eigenvalue weighted by atomic mass is 35.5. The predicted molar refractivity (Wildman–Crippen MR) is 91.1 cm³/mol. The van der Waals surface area contributed by atoms with Gasteiger partial charge in [0.2, 0.25) is 0 Å². The molecule has 1 fully saturated rings. The highest BCUT2D eigenvalue weighted by Gasteiger charge is 2.32. The number of fused-ring (bicyclic) bond motifs is 1. The van der Waals surface area contributed by atoms with Crippen molar-refractivity contribution in [3.05, 3.63) is 34.2 Å². The molecule has 110 valence electrons. The monoisotopic (exact) mass is 330 g/mol. The lowest BCUT2D eigenvalue weighted by atomic mass is 9.90. The van der Waals surface area contributed by atoms with Gasteiger partial charge in [-0.25, -0.2) is 0 Å². The molecule has 2 heterocycles. The number of likely N-dealkylation sites (tertiary alicyclic amines) is 1. The second kappa shape index (κ2) is 6.20. The van der Waals surface area contributed by atoms with Crippen molar-refractivity contribution in [2.45, 2.75) is 19.9 Å². The van der Waals surface area contributed by atoms with E-state index in [1.807, 2.05) is 17.4 Å². The third-order valence-corrected chi connectivity index (χ3v) is 5.80. The summed E-state index contributed by atoms with van der Waals surface area (Å²) in [6.45, 7) is 6.20. The van der Waals surface area contributed by atoms with Crippen LogP contribution in [0.25, 0.3) is 10.1 Å². The lowest BCUT2D eigenvalue weighted by Crippen LogP contribution is -2.31. The first kappa shape index (κ1) is 16.1. The molecule has 1 aliphatic rings. The van der Waals surface area contributed by atoms with E-state index in [2.05, 4.69) is 30.0 Å². The first-order valence-electron chi connectivity index (χ1n) is 6.70. The topological polar surface area (TPSA) is 29.3 Å². The Morgan fingerprint density at radius 2 is 2.15 bits per heavy atom. The largest absolute Gasteiger partial charge is 0.330 e. The maximum Gasteiger partial charge on any atom is 0.0637 e.